The number of amidine groups is 1. The molecule has 8 heteroatoms. The first-order valence-electron chi connectivity index (χ1n) is 6.62. The van der Waals surface area contributed by atoms with Crippen LogP contribution in [0.15, 0.2) is 58.8 Å². The van der Waals surface area contributed by atoms with Gasteiger partial charge in [-0.25, -0.2) is 16.4 Å². The quantitative estimate of drug-likeness (QED) is 0.154. The summed E-state index contributed by atoms with van der Waals surface area (Å²) in [5.41, 5.74) is 9.12. The number of pyridine rings is 1. The Labute approximate surface area is 139 Å². The van der Waals surface area contributed by atoms with Gasteiger partial charge in [0.25, 0.3) is 0 Å². The summed E-state index contributed by atoms with van der Waals surface area (Å²) in [6.45, 7) is 3.68. The predicted molar refractivity (Wildman–Crippen MR) is 93.5 cm³/mol. The molecule has 0 bridgehead atoms. The molecular formula is C15H17N5O2S. The van der Waals surface area contributed by atoms with E-state index < -0.39 is 0 Å². The molecule has 0 saturated heterocycles. The van der Waals surface area contributed by atoms with Crippen LogP contribution in [0.4, 0.5) is 0 Å². The van der Waals surface area contributed by atoms with Crippen molar-refractivity contribution in [2.45, 2.75) is 0 Å². The van der Waals surface area contributed by atoms with Crippen molar-refractivity contribution in [1.82, 2.24) is 10.5 Å². The van der Waals surface area contributed by atoms with Crippen LogP contribution in [0.5, 0.6) is 5.88 Å². The van der Waals surface area contributed by atoms with Gasteiger partial charge in [-0.2, -0.15) is 0 Å². The molecule has 0 aromatic carbocycles. The van der Waals surface area contributed by atoms with Crippen molar-refractivity contribution in [3.8, 4) is 17.2 Å². The highest BCUT2D eigenvalue weighted by Crippen LogP contribution is 2.28. The molecule has 0 saturated carbocycles. The number of hydrogen-bond acceptors (Lipinski definition) is 7. The third kappa shape index (κ3) is 4.63. The number of ether oxygens (including phenoxy) is 1. The smallest absolute Gasteiger partial charge is 0.214 e. The second-order valence-electron chi connectivity index (χ2n) is 4.37. The van der Waals surface area contributed by atoms with E-state index in [1.165, 1.54) is 0 Å². The lowest BCUT2D eigenvalue weighted by atomic mass is 10.1. The summed E-state index contributed by atoms with van der Waals surface area (Å²) >= 11 is 4.40. The van der Waals surface area contributed by atoms with Crippen molar-refractivity contribution < 1.29 is 9.15 Å². The van der Waals surface area contributed by atoms with E-state index >= 15 is 0 Å². The molecule has 120 valence electrons. The van der Waals surface area contributed by atoms with Crippen molar-refractivity contribution in [1.29, 1.82) is 0 Å². The number of nitrogens with one attached hydrogen (secondary N) is 1. The van der Waals surface area contributed by atoms with Gasteiger partial charge in [-0.15, -0.1) is 17.7 Å². The van der Waals surface area contributed by atoms with E-state index in [2.05, 4.69) is 34.8 Å². The van der Waals surface area contributed by atoms with E-state index in [0.717, 1.165) is 5.56 Å². The summed E-state index contributed by atoms with van der Waals surface area (Å²) in [7, 11) is 0. The molecule has 0 atom stereocenters. The predicted octanol–water partition coefficient (Wildman–Crippen LogP) is 1.91. The van der Waals surface area contributed by atoms with Crippen molar-refractivity contribution in [3.63, 3.8) is 0 Å². The van der Waals surface area contributed by atoms with Crippen LogP contribution in [-0.2, 0) is 0 Å². The Morgan fingerprint density at radius 3 is 3.00 bits per heavy atom. The maximum atomic E-state index is 5.61. The summed E-state index contributed by atoms with van der Waals surface area (Å²) < 4.78 is 10.9. The monoisotopic (exact) mass is 331 g/mol. The van der Waals surface area contributed by atoms with Crippen molar-refractivity contribution in [3.05, 3.63) is 55.0 Å². The van der Waals surface area contributed by atoms with Crippen molar-refractivity contribution >= 4 is 23.4 Å². The zero-order valence-corrected chi connectivity index (χ0v) is 13.2. The van der Waals surface area contributed by atoms with Gasteiger partial charge in [0, 0.05) is 16.5 Å². The summed E-state index contributed by atoms with van der Waals surface area (Å²) in [5, 5.41) is 3.61. The van der Waals surface area contributed by atoms with Crippen LogP contribution in [0.2, 0.25) is 0 Å². The molecule has 0 unspecified atom stereocenters. The zero-order valence-electron chi connectivity index (χ0n) is 12.3. The molecule has 2 aromatic rings. The normalized spacial score (nSPS) is 12.1. The van der Waals surface area contributed by atoms with E-state index in [1.807, 2.05) is 12.1 Å². The van der Waals surface area contributed by atoms with E-state index in [4.69, 9.17) is 20.7 Å². The molecule has 2 heterocycles. The standard InChI is InChI=1S/C15H17N5O2S/c1-2-4-13(23)11-7-10(12-5-3-6-21-12)8-15(18-11)22-9-14(16)19-20-17/h2-8,20,23H,1,9,17H2,(H2,16,19)/b13-4-. The van der Waals surface area contributed by atoms with Gasteiger partial charge in [0.1, 0.15) is 12.4 Å². The summed E-state index contributed by atoms with van der Waals surface area (Å²) in [4.78, 5) is 5.02. The third-order valence-electron chi connectivity index (χ3n) is 2.72. The van der Waals surface area contributed by atoms with Crippen LogP contribution in [0.1, 0.15) is 5.69 Å². The van der Waals surface area contributed by atoms with Crippen LogP contribution >= 0.6 is 12.6 Å². The average molecular weight is 331 g/mol. The van der Waals surface area contributed by atoms with Gasteiger partial charge < -0.3 is 14.9 Å². The Morgan fingerprint density at radius 2 is 2.35 bits per heavy atom. The molecule has 7 nitrogen and oxygen atoms in total. The lowest BCUT2D eigenvalue weighted by Crippen LogP contribution is -2.27. The number of hydrazine groups is 1. The number of aromatic nitrogens is 1. The molecule has 0 amide bonds. The molecule has 0 spiro atoms. The Hall–Kier alpha value is -2.71. The first-order chi connectivity index (χ1) is 11.1. The fourth-order valence-electron chi connectivity index (χ4n) is 1.76. The van der Waals surface area contributed by atoms with Gasteiger partial charge in [-0.3, -0.25) is 0 Å². The molecule has 23 heavy (non-hydrogen) atoms. The number of nitrogens with zero attached hydrogens (tertiary/aromatic N) is 2. The molecule has 0 aliphatic carbocycles. The minimum Gasteiger partial charge on any atom is -0.469 e. The first-order valence-corrected chi connectivity index (χ1v) is 7.07. The fraction of sp³-hybridized carbons (Fsp3) is 0.0667. The molecule has 0 radical (unpaired) electrons. The zero-order chi connectivity index (χ0) is 16.7. The topological polar surface area (TPSA) is 112 Å². The van der Waals surface area contributed by atoms with Gasteiger partial charge in [0.2, 0.25) is 5.88 Å². The number of rotatable bonds is 7. The maximum Gasteiger partial charge on any atom is 0.214 e. The highest BCUT2D eigenvalue weighted by molar-refractivity contribution is 7.90. The van der Waals surface area contributed by atoms with Crippen molar-refractivity contribution in [2.75, 3.05) is 6.61 Å². The Kier molecular flexibility index (Phi) is 5.84. The highest BCUT2D eigenvalue weighted by Gasteiger charge is 2.10. The molecule has 0 fully saturated rings. The first kappa shape index (κ1) is 16.7. The van der Waals surface area contributed by atoms with Crippen LogP contribution in [-0.4, -0.2) is 17.4 Å². The highest BCUT2D eigenvalue weighted by atomic mass is 32.1. The van der Waals surface area contributed by atoms with Gasteiger partial charge in [-0.1, -0.05) is 12.7 Å². The Morgan fingerprint density at radius 1 is 1.52 bits per heavy atom. The SMILES string of the molecule is C=C/C=C(\S)c1cc(-c2ccco2)cc(OC/C(N)=N/NN)n1. The van der Waals surface area contributed by atoms with Crippen LogP contribution in [0.25, 0.3) is 16.2 Å². The number of nitrogens with two attached hydrogens (primary N) is 2. The second-order valence-corrected chi connectivity index (χ2v) is 4.85. The number of hydrazone groups is 1. The fourth-order valence-corrected chi connectivity index (χ4v) is 1.98. The summed E-state index contributed by atoms with van der Waals surface area (Å²) in [6.07, 6.45) is 4.95. The minimum atomic E-state index is 0.0331. The van der Waals surface area contributed by atoms with E-state index in [1.54, 1.807) is 30.5 Å². The van der Waals surface area contributed by atoms with Crippen LogP contribution in [0, 0.1) is 0 Å². The number of thiol groups is 1. The summed E-state index contributed by atoms with van der Waals surface area (Å²) in [6, 6.07) is 7.22. The maximum absolute atomic E-state index is 5.61. The largest absolute Gasteiger partial charge is 0.469 e. The van der Waals surface area contributed by atoms with E-state index in [-0.39, 0.29) is 12.4 Å². The van der Waals surface area contributed by atoms with Gasteiger partial charge >= 0.3 is 0 Å². The molecule has 2 aromatic heterocycles. The van der Waals surface area contributed by atoms with E-state index in [0.29, 0.717) is 22.2 Å². The minimum absolute atomic E-state index is 0.0331. The number of hydrogen-bond donors (Lipinski definition) is 4. The molecule has 0 aliphatic rings. The Bertz CT molecular complexity index is 725. The van der Waals surface area contributed by atoms with Gasteiger partial charge in [0.05, 0.1) is 12.0 Å². The lowest BCUT2D eigenvalue weighted by molar-refractivity contribution is 0.359. The van der Waals surface area contributed by atoms with Crippen LogP contribution in [0.3, 0.4) is 0 Å². The average Bonchev–Trinajstić information content (AvgIpc) is 3.08. The Balaban J connectivity index is 2.35. The van der Waals surface area contributed by atoms with E-state index in [9.17, 15) is 0 Å². The third-order valence-corrected chi connectivity index (χ3v) is 3.10. The lowest BCUT2D eigenvalue weighted by Gasteiger charge is -2.09. The van der Waals surface area contributed by atoms with Crippen LogP contribution < -0.4 is 21.8 Å². The molecule has 2 rings (SSSR count). The molecular weight excluding hydrogens is 314 g/mol. The number of allylic oxidation sites excluding steroid dienone is 2. The van der Waals surface area contributed by atoms with Gasteiger partial charge in [0.15, 0.2) is 5.84 Å². The van der Waals surface area contributed by atoms with Crippen molar-refractivity contribution in [2.24, 2.45) is 16.7 Å². The van der Waals surface area contributed by atoms with Gasteiger partial charge in [-0.05, 0) is 24.3 Å². The summed E-state index contributed by atoms with van der Waals surface area (Å²) in [5.74, 6) is 6.28. The second kappa shape index (κ2) is 8.06. The number of furan rings is 1. The molecule has 5 N–H and O–H groups in total. The molecule has 0 aliphatic heterocycles.